The second-order valence-corrected chi connectivity index (χ2v) is 6.67. The van der Waals surface area contributed by atoms with Gasteiger partial charge in [0.25, 0.3) is 11.6 Å². The number of nitro groups is 1. The third-order valence-electron chi connectivity index (χ3n) is 3.67. The molecule has 0 aliphatic heterocycles. The fraction of sp³-hybridized carbons (Fsp3) is 0.0588. The SMILES string of the molecule is O=C(NCc1ccc(Br)cc1Cl)c1ccc(-n2ccnc2)c([N+](=O)[O-])c1. The quantitative estimate of drug-likeness (QED) is 0.482. The van der Waals surface area contributed by atoms with Crippen molar-refractivity contribution in [3.05, 3.63) is 85.9 Å². The highest BCUT2D eigenvalue weighted by Gasteiger charge is 2.18. The Bertz CT molecular complexity index is 976. The minimum atomic E-state index is -0.530. The molecular weight excluding hydrogens is 424 g/mol. The molecule has 1 amide bonds. The van der Waals surface area contributed by atoms with E-state index in [-0.39, 0.29) is 17.8 Å². The Labute approximate surface area is 161 Å². The van der Waals surface area contributed by atoms with E-state index in [4.69, 9.17) is 11.6 Å². The molecule has 0 aliphatic carbocycles. The first-order chi connectivity index (χ1) is 12.5. The summed E-state index contributed by atoms with van der Waals surface area (Å²) in [7, 11) is 0. The molecule has 0 fully saturated rings. The van der Waals surface area contributed by atoms with E-state index in [1.54, 1.807) is 18.3 Å². The number of nitro benzene ring substituents is 1. The number of benzene rings is 2. The van der Waals surface area contributed by atoms with E-state index >= 15 is 0 Å². The van der Waals surface area contributed by atoms with Crippen LogP contribution in [0.15, 0.2) is 59.6 Å². The molecule has 0 spiro atoms. The molecule has 2 aromatic carbocycles. The van der Waals surface area contributed by atoms with E-state index < -0.39 is 10.8 Å². The average Bonchev–Trinajstić information content (AvgIpc) is 3.14. The predicted molar refractivity (Wildman–Crippen MR) is 101 cm³/mol. The summed E-state index contributed by atoms with van der Waals surface area (Å²) in [5.41, 5.74) is 1.08. The van der Waals surface area contributed by atoms with E-state index in [9.17, 15) is 14.9 Å². The fourth-order valence-electron chi connectivity index (χ4n) is 2.37. The molecule has 7 nitrogen and oxygen atoms in total. The van der Waals surface area contributed by atoms with Crippen molar-refractivity contribution in [3.63, 3.8) is 0 Å². The maximum absolute atomic E-state index is 12.4. The molecule has 9 heteroatoms. The second kappa shape index (κ2) is 7.67. The summed E-state index contributed by atoms with van der Waals surface area (Å²) in [4.78, 5) is 27.1. The lowest BCUT2D eigenvalue weighted by molar-refractivity contribution is -0.384. The van der Waals surface area contributed by atoms with Gasteiger partial charge in [-0.2, -0.15) is 0 Å². The zero-order chi connectivity index (χ0) is 18.7. The van der Waals surface area contributed by atoms with Crippen LogP contribution in [-0.2, 0) is 6.54 Å². The van der Waals surface area contributed by atoms with Gasteiger partial charge in [-0.15, -0.1) is 0 Å². The summed E-state index contributed by atoms with van der Waals surface area (Å²) in [6.07, 6.45) is 4.57. The van der Waals surface area contributed by atoms with Crippen LogP contribution < -0.4 is 5.32 Å². The molecule has 3 aromatic rings. The van der Waals surface area contributed by atoms with Crippen molar-refractivity contribution in [1.82, 2.24) is 14.9 Å². The van der Waals surface area contributed by atoms with Crippen molar-refractivity contribution in [2.45, 2.75) is 6.54 Å². The highest BCUT2D eigenvalue weighted by molar-refractivity contribution is 9.10. The normalized spacial score (nSPS) is 10.5. The smallest absolute Gasteiger partial charge is 0.294 e. The van der Waals surface area contributed by atoms with Crippen LogP contribution in [0.2, 0.25) is 5.02 Å². The third kappa shape index (κ3) is 3.92. The maximum Gasteiger partial charge on any atom is 0.294 e. The summed E-state index contributed by atoms with van der Waals surface area (Å²) in [6, 6.07) is 9.62. The Hall–Kier alpha value is -2.71. The van der Waals surface area contributed by atoms with Crippen molar-refractivity contribution in [2.24, 2.45) is 0 Å². The minimum absolute atomic E-state index is 0.183. The van der Waals surface area contributed by atoms with Gasteiger partial charge in [0.15, 0.2) is 0 Å². The molecule has 0 saturated heterocycles. The molecule has 1 N–H and O–H groups in total. The number of hydrogen-bond acceptors (Lipinski definition) is 4. The monoisotopic (exact) mass is 434 g/mol. The number of rotatable bonds is 5. The summed E-state index contributed by atoms with van der Waals surface area (Å²) < 4.78 is 2.35. The van der Waals surface area contributed by atoms with Crippen LogP contribution in [0.25, 0.3) is 5.69 Å². The maximum atomic E-state index is 12.4. The lowest BCUT2D eigenvalue weighted by Crippen LogP contribution is -2.23. The van der Waals surface area contributed by atoms with Crippen molar-refractivity contribution >= 4 is 39.1 Å². The van der Waals surface area contributed by atoms with Crippen LogP contribution in [0.1, 0.15) is 15.9 Å². The van der Waals surface area contributed by atoms with Crippen LogP contribution >= 0.6 is 27.5 Å². The summed E-state index contributed by atoms with van der Waals surface area (Å²) in [5.74, 6) is -0.427. The Morgan fingerprint density at radius 1 is 1.31 bits per heavy atom. The fourth-order valence-corrected chi connectivity index (χ4v) is 3.11. The first kappa shape index (κ1) is 18.1. The lowest BCUT2D eigenvalue weighted by Gasteiger charge is -2.09. The van der Waals surface area contributed by atoms with Crippen LogP contribution in [0.4, 0.5) is 5.69 Å². The molecular formula is C17H12BrClN4O3. The standard InChI is InChI=1S/C17H12BrClN4O3/c18-13-3-1-12(14(19)8-13)9-21-17(24)11-2-4-15(16(7-11)23(25)26)22-6-5-20-10-22/h1-8,10H,9H2,(H,21,24). The van der Waals surface area contributed by atoms with E-state index in [0.29, 0.717) is 10.7 Å². The van der Waals surface area contributed by atoms with Gasteiger partial charge in [0, 0.05) is 40.1 Å². The van der Waals surface area contributed by atoms with E-state index in [1.807, 2.05) is 6.07 Å². The van der Waals surface area contributed by atoms with Gasteiger partial charge in [0.05, 0.1) is 11.3 Å². The summed E-state index contributed by atoms with van der Waals surface area (Å²) in [5, 5.41) is 14.6. The van der Waals surface area contributed by atoms with Crippen molar-refractivity contribution < 1.29 is 9.72 Å². The molecule has 0 saturated carbocycles. The molecule has 0 radical (unpaired) electrons. The van der Waals surface area contributed by atoms with Gasteiger partial charge in [-0.25, -0.2) is 4.98 Å². The molecule has 26 heavy (non-hydrogen) atoms. The Morgan fingerprint density at radius 2 is 2.12 bits per heavy atom. The molecule has 0 atom stereocenters. The number of nitrogens with one attached hydrogen (secondary N) is 1. The van der Waals surface area contributed by atoms with Gasteiger partial charge < -0.3 is 9.88 Å². The van der Waals surface area contributed by atoms with Gasteiger partial charge in [0.2, 0.25) is 0 Å². The third-order valence-corrected chi connectivity index (χ3v) is 4.52. The number of carbonyl (C=O) groups is 1. The Balaban J connectivity index is 1.81. The van der Waals surface area contributed by atoms with Gasteiger partial charge in [-0.1, -0.05) is 33.6 Å². The van der Waals surface area contributed by atoms with Gasteiger partial charge in [-0.3, -0.25) is 14.9 Å². The number of aromatic nitrogens is 2. The number of carbonyl (C=O) groups excluding carboxylic acids is 1. The number of halogens is 2. The molecule has 0 unspecified atom stereocenters. The lowest BCUT2D eigenvalue weighted by atomic mass is 10.1. The van der Waals surface area contributed by atoms with E-state index in [1.165, 1.54) is 35.3 Å². The van der Waals surface area contributed by atoms with Crippen LogP contribution in [0, 0.1) is 10.1 Å². The summed E-state index contributed by atoms with van der Waals surface area (Å²) in [6.45, 7) is 0.210. The van der Waals surface area contributed by atoms with Gasteiger partial charge in [-0.05, 0) is 29.8 Å². The highest BCUT2D eigenvalue weighted by atomic mass is 79.9. The van der Waals surface area contributed by atoms with Crippen LogP contribution in [0.3, 0.4) is 0 Å². The Kier molecular flexibility index (Phi) is 5.34. The largest absolute Gasteiger partial charge is 0.348 e. The van der Waals surface area contributed by atoms with Gasteiger partial charge >= 0.3 is 0 Å². The van der Waals surface area contributed by atoms with Crippen LogP contribution in [-0.4, -0.2) is 20.4 Å². The first-order valence-electron chi connectivity index (χ1n) is 7.44. The van der Waals surface area contributed by atoms with Crippen LogP contribution in [0.5, 0.6) is 0 Å². The van der Waals surface area contributed by atoms with E-state index in [2.05, 4.69) is 26.2 Å². The van der Waals surface area contributed by atoms with Crippen molar-refractivity contribution in [1.29, 1.82) is 0 Å². The number of amides is 1. The average molecular weight is 436 g/mol. The zero-order valence-corrected chi connectivity index (χ0v) is 15.6. The molecule has 1 heterocycles. The number of imidazole rings is 1. The Morgan fingerprint density at radius 3 is 2.77 bits per heavy atom. The zero-order valence-electron chi connectivity index (χ0n) is 13.2. The molecule has 0 aliphatic rings. The number of nitrogens with zero attached hydrogens (tertiary/aromatic N) is 3. The van der Waals surface area contributed by atoms with E-state index in [0.717, 1.165) is 10.0 Å². The van der Waals surface area contributed by atoms with Crippen molar-refractivity contribution in [2.75, 3.05) is 0 Å². The molecule has 0 bridgehead atoms. The highest BCUT2D eigenvalue weighted by Crippen LogP contribution is 2.25. The topological polar surface area (TPSA) is 90.1 Å². The first-order valence-corrected chi connectivity index (χ1v) is 8.61. The predicted octanol–water partition coefficient (Wildman–Crippen LogP) is 4.13. The van der Waals surface area contributed by atoms with Crippen molar-refractivity contribution in [3.8, 4) is 5.69 Å². The molecule has 1 aromatic heterocycles. The van der Waals surface area contributed by atoms with Gasteiger partial charge in [0.1, 0.15) is 5.69 Å². The number of hydrogen-bond donors (Lipinski definition) is 1. The molecule has 132 valence electrons. The second-order valence-electron chi connectivity index (χ2n) is 5.35. The minimum Gasteiger partial charge on any atom is -0.348 e. The summed E-state index contributed by atoms with van der Waals surface area (Å²) >= 11 is 9.44. The molecule has 3 rings (SSSR count).